The highest BCUT2D eigenvalue weighted by molar-refractivity contribution is 5.87. The molecule has 0 aliphatic rings. The van der Waals surface area contributed by atoms with Gasteiger partial charge in [0.2, 0.25) is 0 Å². The summed E-state index contributed by atoms with van der Waals surface area (Å²) in [7, 11) is 0. The zero-order valence-corrected chi connectivity index (χ0v) is 10.9. The molecule has 0 radical (unpaired) electrons. The van der Waals surface area contributed by atoms with Crippen molar-refractivity contribution in [2.75, 3.05) is 0 Å². The molecule has 0 amide bonds. The Labute approximate surface area is 94.3 Å². The Morgan fingerprint density at radius 3 is 2.13 bits per heavy atom. The van der Waals surface area contributed by atoms with Crippen molar-refractivity contribution in [1.82, 2.24) is 0 Å². The van der Waals surface area contributed by atoms with Gasteiger partial charge in [0.1, 0.15) is 0 Å². The van der Waals surface area contributed by atoms with Crippen molar-refractivity contribution in [3.8, 4) is 0 Å². The third-order valence-corrected chi connectivity index (χ3v) is 2.47. The van der Waals surface area contributed by atoms with Crippen LogP contribution in [0.15, 0.2) is 23.8 Å². The number of rotatable bonds is 4. The molecule has 0 saturated carbocycles. The van der Waals surface area contributed by atoms with Gasteiger partial charge in [0, 0.05) is 0 Å². The Hall–Kier alpha value is -0.850. The monoisotopic (exact) mass is 208 g/mol. The van der Waals surface area contributed by atoms with E-state index in [0.717, 1.165) is 6.42 Å². The van der Waals surface area contributed by atoms with Crippen LogP contribution in [0.2, 0.25) is 0 Å². The summed E-state index contributed by atoms with van der Waals surface area (Å²) in [5.41, 5.74) is 1.35. The highest BCUT2D eigenvalue weighted by Gasteiger charge is 2.15. The molecule has 0 aliphatic carbocycles. The third kappa shape index (κ3) is 6.27. The molecule has 0 aromatic carbocycles. The standard InChI is InChI=1S/C14H24O/c1-7-11(2)10-13(14(4,5)6)9-8-12(3)15/h8-11H,7H2,1-6H3/b9-8+,13-10-. The molecule has 0 aliphatic heterocycles. The van der Waals surface area contributed by atoms with Crippen LogP contribution < -0.4 is 0 Å². The van der Waals surface area contributed by atoms with Crippen LogP contribution in [0.4, 0.5) is 0 Å². The summed E-state index contributed by atoms with van der Waals surface area (Å²) in [6, 6.07) is 0. The molecule has 0 aromatic heterocycles. The summed E-state index contributed by atoms with van der Waals surface area (Å²) in [5.74, 6) is 0.671. The molecule has 0 fully saturated rings. The van der Waals surface area contributed by atoms with Gasteiger partial charge in [-0.3, -0.25) is 4.79 Å². The Kier molecular flexibility index (Phi) is 5.56. The van der Waals surface area contributed by atoms with Crippen molar-refractivity contribution in [1.29, 1.82) is 0 Å². The smallest absolute Gasteiger partial charge is 0.152 e. The molecule has 0 N–H and O–H groups in total. The maximum atomic E-state index is 10.9. The molecule has 1 nitrogen and oxygen atoms in total. The van der Waals surface area contributed by atoms with Crippen molar-refractivity contribution in [3.05, 3.63) is 23.8 Å². The van der Waals surface area contributed by atoms with Crippen LogP contribution >= 0.6 is 0 Å². The summed E-state index contributed by atoms with van der Waals surface area (Å²) < 4.78 is 0. The van der Waals surface area contributed by atoms with Crippen LogP contribution in [0.25, 0.3) is 0 Å². The van der Waals surface area contributed by atoms with Crippen molar-refractivity contribution in [2.24, 2.45) is 11.3 Å². The topological polar surface area (TPSA) is 17.1 Å². The van der Waals surface area contributed by atoms with Crippen molar-refractivity contribution in [2.45, 2.75) is 48.0 Å². The fraction of sp³-hybridized carbons (Fsp3) is 0.643. The molecule has 0 bridgehead atoms. The van der Waals surface area contributed by atoms with E-state index in [1.807, 2.05) is 6.08 Å². The minimum atomic E-state index is 0.106. The molecule has 0 saturated heterocycles. The average molecular weight is 208 g/mol. The number of hydrogen-bond acceptors (Lipinski definition) is 1. The van der Waals surface area contributed by atoms with Gasteiger partial charge in [0.25, 0.3) is 0 Å². The van der Waals surface area contributed by atoms with Gasteiger partial charge in [0.15, 0.2) is 5.78 Å². The summed E-state index contributed by atoms with van der Waals surface area (Å²) in [5, 5.41) is 0. The van der Waals surface area contributed by atoms with Crippen LogP contribution in [-0.4, -0.2) is 5.78 Å². The van der Waals surface area contributed by atoms with Gasteiger partial charge in [0.05, 0.1) is 0 Å². The number of allylic oxidation sites excluding steroid dienone is 4. The lowest BCUT2D eigenvalue weighted by Crippen LogP contribution is -2.09. The molecular weight excluding hydrogens is 184 g/mol. The highest BCUT2D eigenvalue weighted by Crippen LogP contribution is 2.28. The first-order chi connectivity index (χ1) is 6.77. The zero-order valence-electron chi connectivity index (χ0n) is 10.9. The Bertz CT molecular complexity index is 264. The van der Waals surface area contributed by atoms with Crippen molar-refractivity contribution >= 4 is 5.78 Å². The number of carbonyl (C=O) groups excluding carboxylic acids is 1. The van der Waals surface area contributed by atoms with Gasteiger partial charge < -0.3 is 0 Å². The largest absolute Gasteiger partial charge is 0.295 e. The first-order valence-corrected chi connectivity index (χ1v) is 5.68. The third-order valence-electron chi connectivity index (χ3n) is 2.47. The lowest BCUT2D eigenvalue weighted by Gasteiger charge is -2.21. The summed E-state index contributed by atoms with van der Waals surface area (Å²) in [6.07, 6.45) is 7.00. The Morgan fingerprint density at radius 1 is 1.27 bits per heavy atom. The van der Waals surface area contributed by atoms with Crippen molar-refractivity contribution in [3.63, 3.8) is 0 Å². The predicted octanol–water partition coefficient (Wildman–Crippen LogP) is 4.15. The van der Waals surface area contributed by atoms with Gasteiger partial charge in [-0.05, 0) is 29.9 Å². The van der Waals surface area contributed by atoms with Crippen LogP contribution in [-0.2, 0) is 4.79 Å². The van der Waals surface area contributed by atoms with Gasteiger partial charge >= 0.3 is 0 Å². The second-order valence-corrected chi connectivity index (χ2v) is 5.20. The summed E-state index contributed by atoms with van der Waals surface area (Å²) in [6.45, 7) is 12.5. The second kappa shape index (κ2) is 5.89. The van der Waals surface area contributed by atoms with Crippen LogP contribution in [0.5, 0.6) is 0 Å². The van der Waals surface area contributed by atoms with Gasteiger partial charge in [-0.1, -0.05) is 53.2 Å². The van der Waals surface area contributed by atoms with E-state index in [9.17, 15) is 4.79 Å². The first-order valence-electron chi connectivity index (χ1n) is 5.68. The molecule has 0 rings (SSSR count). The lowest BCUT2D eigenvalue weighted by molar-refractivity contribution is -0.112. The first kappa shape index (κ1) is 14.2. The maximum absolute atomic E-state index is 10.9. The minimum absolute atomic E-state index is 0.106. The molecule has 86 valence electrons. The predicted molar refractivity (Wildman–Crippen MR) is 66.8 cm³/mol. The molecule has 15 heavy (non-hydrogen) atoms. The van der Waals surface area contributed by atoms with E-state index in [2.05, 4.69) is 40.7 Å². The van der Waals surface area contributed by atoms with Crippen LogP contribution in [0.3, 0.4) is 0 Å². The molecule has 0 aromatic rings. The minimum Gasteiger partial charge on any atom is -0.295 e. The molecule has 0 heterocycles. The van der Waals surface area contributed by atoms with E-state index < -0.39 is 0 Å². The van der Waals surface area contributed by atoms with Gasteiger partial charge in [-0.2, -0.15) is 0 Å². The normalized spacial score (nSPS) is 15.7. The maximum Gasteiger partial charge on any atom is 0.152 e. The summed E-state index contributed by atoms with van der Waals surface area (Å²) in [4.78, 5) is 10.9. The number of ketones is 1. The van der Waals surface area contributed by atoms with E-state index in [4.69, 9.17) is 0 Å². The van der Waals surface area contributed by atoms with E-state index in [1.54, 1.807) is 13.0 Å². The molecule has 1 unspecified atom stereocenters. The SMILES string of the molecule is CCC(C)/C=C(/C=C/C(C)=O)C(C)(C)C. The number of hydrogen-bond donors (Lipinski definition) is 0. The summed E-state index contributed by atoms with van der Waals surface area (Å²) >= 11 is 0. The molecule has 1 atom stereocenters. The Morgan fingerprint density at radius 2 is 1.80 bits per heavy atom. The fourth-order valence-corrected chi connectivity index (χ4v) is 1.19. The van der Waals surface area contributed by atoms with E-state index in [0.29, 0.717) is 5.92 Å². The van der Waals surface area contributed by atoms with Gasteiger partial charge in [-0.15, -0.1) is 0 Å². The van der Waals surface area contributed by atoms with Gasteiger partial charge in [-0.25, -0.2) is 0 Å². The van der Waals surface area contributed by atoms with Crippen LogP contribution in [0, 0.1) is 11.3 Å². The zero-order chi connectivity index (χ0) is 12.1. The Balaban J connectivity index is 4.91. The highest BCUT2D eigenvalue weighted by atomic mass is 16.1. The van der Waals surface area contributed by atoms with Crippen molar-refractivity contribution < 1.29 is 4.79 Å². The van der Waals surface area contributed by atoms with E-state index in [-0.39, 0.29) is 11.2 Å². The number of carbonyl (C=O) groups is 1. The molecule has 0 spiro atoms. The molecular formula is C14H24O. The molecule has 1 heteroatoms. The van der Waals surface area contributed by atoms with Crippen LogP contribution in [0.1, 0.15) is 48.0 Å². The quantitative estimate of drug-likeness (QED) is 0.501. The van der Waals surface area contributed by atoms with E-state index >= 15 is 0 Å². The second-order valence-electron chi connectivity index (χ2n) is 5.20. The lowest BCUT2D eigenvalue weighted by atomic mass is 9.84. The van der Waals surface area contributed by atoms with E-state index in [1.165, 1.54) is 5.57 Å². The average Bonchev–Trinajstić information content (AvgIpc) is 2.09. The fourth-order valence-electron chi connectivity index (χ4n) is 1.19.